The van der Waals surface area contributed by atoms with Crippen LogP contribution in [-0.2, 0) is 19.2 Å². The van der Waals surface area contributed by atoms with Crippen LogP contribution in [0.25, 0.3) is 0 Å². The maximum Gasteiger partial charge on any atom is 0.202 e. The minimum atomic E-state index is -0.00815. The number of hydrogen-bond acceptors (Lipinski definition) is 4. The van der Waals surface area contributed by atoms with E-state index in [4.69, 9.17) is 0 Å². The molecule has 0 bridgehead atoms. The molecule has 7 rings (SSSR count). The number of hydrogen-bond donors (Lipinski definition) is 0. The molecule has 0 aromatic rings. The van der Waals surface area contributed by atoms with Crippen molar-refractivity contribution in [1.82, 2.24) is 0 Å². The minimum Gasteiger partial charge on any atom is -0.291 e. The molecule has 7 saturated carbocycles. The van der Waals surface area contributed by atoms with Crippen LogP contribution >= 0.6 is 0 Å². The summed E-state index contributed by atoms with van der Waals surface area (Å²) in [5.41, 5.74) is 0. The lowest BCUT2D eigenvalue weighted by Gasteiger charge is -2.50. The minimum absolute atomic E-state index is 0.000182. The van der Waals surface area contributed by atoms with Gasteiger partial charge in [0.15, 0.2) is 0 Å². The van der Waals surface area contributed by atoms with Gasteiger partial charge in [-0.25, -0.2) is 0 Å². The second-order valence-electron chi connectivity index (χ2n) is 14.9. The Labute approximate surface area is 228 Å². The van der Waals surface area contributed by atoms with E-state index in [0.29, 0.717) is 47.3 Å². The average Bonchev–Trinajstić information content (AvgIpc) is 2.98. The van der Waals surface area contributed by atoms with Crippen LogP contribution in [0.15, 0.2) is 0 Å². The van der Waals surface area contributed by atoms with Crippen LogP contribution in [0.2, 0.25) is 0 Å². The van der Waals surface area contributed by atoms with Crippen LogP contribution in [0, 0.1) is 71.0 Å². The van der Waals surface area contributed by atoms with Crippen LogP contribution in [0.4, 0.5) is 0 Å². The van der Waals surface area contributed by atoms with Crippen molar-refractivity contribution in [2.24, 2.45) is 71.0 Å². The Morgan fingerprint density at radius 3 is 1.05 bits per heavy atom. The van der Waals surface area contributed by atoms with Crippen molar-refractivity contribution < 1.29 is 19.2 Å². The third kappa shape index (κ3) is 4.21. The van der Waals surface area contributed by atoms with Gasteiger partial charge < -0.3 is 0 Å². The molecule has 0 aromatic carbocycles. The zero-order chi connectivity index (χ0) is 26.0. The summed E-state index contributed by atoms with van der Waals surface area (Å²) >= 11 is 0. The first-order valence-corrected chi connectivity index (χ1v) is 16.7. The fraction of sp³-hybridized carbons (Fsp3) is 0.882. The van der Waals surface area contributed by atoms with E-state index in [2.05, 4.69) is 0 Å². The van der Waals surface area contributed by atoms with E-state index >= 15 is 0 Å². The highest BCUT2D eigenvalue weighted by atomic mass is 16.2. The van der Waals surface area contributed by atoms with Gasteiger partial charge in [0.05, 0.1) is 0 Å². The highest BCUT2D eigenvalue weighted by Crippen LogP contribution is 2.55. The first-order valence-electron chi connectivity index (χ1n) is 16.7. The van der Waals surface area contributed by atoms with Gasteiger partial charge >= 0.3 is 0 Å². The van der Waals surface area contributed by atoms with Crippen molar-refractivity contribution in [2.75, 3.05) is 0 Å². The van der Waals surface area contributed by atoms with Gasteiger partial charge in [0.2, 0.25) is 23.1 Å². The van der Waals surface area contributed by atoms with Gasteiger partial charge in [0.1, 0.15) is 0 Å². The molecule has 0 heterocycles. The van der Waals surface area contributed by atoms with E-state index in [9.17, 15) is 19.2 Å². The molecule has 10 atom stereocenters. The Kier molecular flexibility index (Phi) is 6.92. The van der Waals surface area contributed by atoms with Gasteiger partial charge in [0.25, 0.3) is 0 Å². The van der Waals surface area contributed by atoms with Gasteiger partial charge in [-0.3, -0.25) is 19.2 Å². The summed E-state index contributed by atoms with van der Waals surface area (Å²) in [4.78, 5) is 52.2. The normalized spacial score (nSPS) is 49.5. The Hall–Kier alpha value is -1.32. The van der Waals surface area contributed by atoms with Gasteiger partial charge in [0, 0.05) is 23.7 Å². The quantitative estimate of drug-likeness (QED) is 0.377. The van der Waals surface area contributed by atoms with Crippen LogP contribution in [0.3, 0.4) is 0 Å². The number of fused-ring (bicyclic) bond motifs is 6. The van der Waals surface area contributed by atoms with Gasteiger partial charge in [-0.15, -0.1) is 0 Å². The maximum absolute atomic E-state index is 13.2. The van der Waals surface area contributed by atoms with E-state index in [1.54, 1.807) is 0 Å². The standard InChI is InChI=1S/C34H48O4/c35-31-27-7-3-1-5-23(27)25-15-13-21(17-29(25)33(31)37)19-9-11-20(12-10-19)22-14-16-26-24-6-2-4-8-28(24)32(36)34(38)30(26)18-22/h19-30H,1-18H2. The van der Waals surface area contributed by atoms with Crippen LogP contribution in [0.1, 0.15) is 116 Å². The molecule has 7 fully saturated rings. The lowest BCUT2D eigenvalue weighted by Crippen LogP contribution is -2.51. The molecule has 0 saturated heterocycles. The number of carbonyl (C=O) groups excluding carboxylic acids is 4. The maximum atomic E-state index is 13.2. The Balaban J connectivity index is 0.956. The molecule has 7 aliphatic carbocycles. The van der Waals surface area contributed by atoms with Crippen LogP contribution < -0.4 is 0 Å². The third-order valence-corrected chi connectivity index (χ3v) is 13.6. The molecule has 38 heavy (non-hydrogen) atoms. The summed E-state index contributed by atoms with van der Waals surface area (Å²) in [6.45, 7) is 0. The zero-order valence-electron chi connectivity index (χ0n) is 23.3. The monoisotopic (exact) mass is 520 g/mol. The topological polar surface area (TPSA) is 68.3 Å². The first-order chi connectivity index (χ1) is 18.5. The van der Waals surface area contributed by atoms with Crippen molar-refractivity contribution in [2.45, 2.75) is 116 Å². The second-order valence-corrected chi connectivity index (χ2v) is 14.9. The van der Waals surface area contributed by atoms with Crippen molar-refractivity contribution in [3.63, 3.8) is 0 Å². The number of ketones is 4. The Morgan fingerprint density at radius 2 is 0.632 bits per heavy atom. The summed E-state index contributed by atoms with van der Waals surface area (Å²) in [5, 5.41) is 0. The average molecular weight is 521 g/mol. The number of carbonyl (C=O) groups is 4. The molecule has 0 aromatic heterocycles. The Bertz CT molecular complexity index is 897. The highest BCUT2D eigenvalue weighted by Gasteiger charge is 2.54. The summed E-state index contributed by atoms with van der Waals surface area (Å²) in [5.74, 6) is 4.71. The van der Waals surface area contributed by atoms with E-state index in [1.807, 2.05) is 0 Å². The molecule has 4 heteroatoms. The van der Waals surface area contributed by atoms with E-state index in [-0.39, 0.29) is 46.8 Å². The molecule has 0 N–H and O–H groups in total. The summed E-state index contributed by atoms with van der Waals surface area (Å²) in [6.07, 6.45) is 20.8. The molecule has 0 radical (unpaired) electrons. The van der Waals surface area contributed by atoms with Crippen molar-refractivity contribution >= 4 is 23.1 Å². The molecule has 208 valence electrons. The molecule has 7 aliphatic rings. The molecule has 0 aliphatic heterocycles. The largest absolute Gasteiger partial charge is 0.291 e. The van der Waals surface area contributed by atoms with E-state index in [0.717, 1.165) is 38.5 Å². The molecule has 0 amide bonds. The molecular formula is C34H48O4. The van der Waals surface area contributed by atoms with Gasteiger partial charge in [-0.1, -0.05) is 25.7 Å². The molecule has 0 spiro atoms. The lowest BCUT2D eigenvalue weighted by molar-refractivity contribution is -0.153. The number of rotatable bonds is 2. The molecule has 10 unspecified atom stereocenters. The molecule has 4 nitrogen and oxygen atoms in total. The van der Waals surface area contributed by atoms with Crippen molar-refractivity contribution in [1.29, 1.82) is 0 Å². The summed E-state index contributed by atoms with van der Waals surface area (Å²) in [6, 6.07) is 0. The van der Waals surface area contributed by atoms with Crippen LogP contribution in [0.5, 0.6) is 0 Å². The van der Waals surface area contributed by atoms with E-state index in [1.165, 1.54) is 77.0 Å². The lowest BCUT2D eigenvalue weighted by atomic mass is 9.53. The number of Topliss-reactive ketones (excluding diaryl/α,β-unsaturated/α-hetero) is 4. The third-order valence-electron chi connectivity index (χ3n) is 13.6. The predicted molar refractivity (Wildman–Crippen MR) is 145 cm³/mol. The van der Waals surface area contributed by atoms with E-state index < -0.39 is 0 Å². The highest BCUT2D eigenvalue weighted by molar-refractivity contribution is 6.40. The van der Waals surface area contributed by atoms with Gasteiger partial charge in [-0.2, -0.15) is 0 Å². The summed E-state index contributed by atoms with van der Waals surface area (Å²) in [7, 11) is 0. The first kappa shape index (κ1) is 25.6. The fourth-order valence-electron chi connectivity index (χ4n) is 11.8. The zero-order valence-corrected chi connectivity index (χ0v) is 23.3. The fourth-order valence-corrected chi connectivity index (χ4v) is 11.8. The predicted octanol–water partition coefficient (Wildman–Crippen LogP) is 6.77. The SMILES string of the molecule is O=C1C(=O)C2CC(C3CCC(C4CCC5C(C4)C(=O)C(=O)C4CCCCC45)CC3)CCC2C2CCCCC12. The van der Waals surface area contributed by atoms with Crippen LogP contribution in [-0.4, -0.2) is 23.1 Å². The van der Waals surface area contributed by atoms with Crippen molar-refractivity contribution in [3.05, 3.63) is 0 Å². The van der Waals surface area contributed by atoms with Crippen molar-refractivity contribution in [3.8, 4) is 0 Å². The smallest absolute Gasteiger partial charge is 0.202 e. The second kappa shape index (κ2) is 10.3. The molecular weight excluding hydrogens is 472 g/mol. The van der Waals surface area contributed by atoms with Gasteiger partial charge in [-0.05, 0) is 137 Å². The summed E-state index contributed by atoms with van der Waals surface area (Å²) < 4.78 is 0. The Morgan fingerprint density at radius 1 is 0.316 bits per heavy atom.